The summed E-state index contributed by atoms with van der Waals surface area (Å²) in [6.45, 7) is 6.43. The molecule has 1 aliphatic rings. The zero-order chi connectivity index (χ0) is 26.4. The summed E-state index contributed by atoms with van der Waals surface area (Å²) in [7, 11) is -0.332. The maximum Gasteiger partial charge on any atom is 0.472 e. The molecule has 216 valence electrons. The van der Waals surface area contributed by atoms with Crippen LogP contribution in [-0.4, -0.2) is 75.7 Å². The van der Waals surface area contributed by atoms with Gasteiger partial charge in [-0.05, 0) is 25.7 Å². The second kappa shape index (κ2) is 21.9. The Morgan fingerprint density at radius 1 is 0.750 bits per heavy atom. The molecular formula is C28H59NO6P+. The van der Waals surface area contributed by atoms with Gasteiger partial charge in [-0.15, -0.1) is 0 Å². The highest BCUT2D eigenvalue weighted by Gasteiger charge is 2.28. The van der Waals surface area contributed by atoms with E-state index in [1.165, 1.54) is 103 Å². The minimum absolute atomic E-state index is 0.0187. The van der Waals surface area contributed by atoms with Crippen molar-refractivity contribution in [1.29, 1.82) is 0 Å². The summed E-state index contributed by atoms with van der Waals surface area (Å²) in [6.07, 6.45) is 22.0. The SMILES string of the molecule is CCCCCCCCCCCCCCCCOC[C@H](COP(=O)(O)OCC[N+]1(C)CCCCC1)OC. The predicted molar refractivity (Wildman–Crippen MR) is 148 cm³/mol. The van der Waals surface area contributed by atoms with Gasteiger partial charge in [0.1, 0.15) is 19.3 Å². The van der Waals surface area contributed by atoms with Crippen LogP contribution in [0.2, 0.25) is 0 Å². The average Bonchev–Trinajstić information content (AvgIpc) is 2.85. The zero-order valence-electron chi connectivity index (χ0n) is 23.9. The van der Waals surface area contributed by atoms with Crippen LogP contribution in [0.5, 0.6) is 0 Å². The van der Waals surface area contributed by atoms with Gasteiger partial charge in [-0.2, -0.15) is 0 Å². The predicted octanol–water partition coefficient (Wildman–Crippen LogP) is 7.26. The number of hydrogen-bond acceptors (Lipinski definition) is 5. The molecule has 1 N–H and O–H groups in total. The highest BCUT2D eigenvalue weighted by atomic mass is 31.2. The van der Waals surface area contributed by atoms with E-state index in [1.807, 2.05) is 0 Å². The fraction of sp³-hybridized carbons (Fsp3) is 1.00. The summed E-state index contributed by atoms with van der Waals surface area (Å²) in [5, 5.41) is 0. The molecule has 2 atom stereocenters. The van der Waals surface area contributed by atoms with Gasteiger partial charge in [0.05, 0.1) is 33.4 Å². The molecule has 0 aromatic carbocycles. The molecule has 36 heavy (non-hydrogen) atoms. The van der Waals surface area contributed by atoms with Crippen molar-refractivity contribution in [2.45, 2.75) is 122 Å². The summed E-state index contributed by atoms with van der Waals surface area (Å²) < 4.78 is 34.5. The molecular weight excluding hydrogens is 477 g/mol. The normalized spacial score (nSPS) is 18.2. The number of likely N-dealkylation sites (N-methyl/N-ethyl adjacent to an activating group) is 1. The van der Waals surface area contributed by atoms with Crippen LogP contribution >= 0.6 is 7.82 Å². The Morgan fingerprint density at radius 2 is 1.28 bits per heavy atom. The zero-order valence-corrected chi connectivity index (χ0v) is 24.8. The highest BCUT2D eigenvalue weighted by Crippen LogP contribution is 2.43. The van der Waals surface area contributed by atoms with Crippen molar-refractivity contribution in [3.63, 3.8) is 0 Å². The van der Waals surface area contributed by atoms with Crippen molar-refractivity contribution in [2.75, 3.05) is 60.2 Å². The number of hydrogen-bond donors (Lipinski definition) is 1. The Labute approximate surface area is 222 Å². The van der Waals surface area contributed by atoms with Crippen molar-refractivity contribution in [3.8, 4) is 0 Å². The van der Waals surface area contributed by atoms with E-state index in [0.29, 0.717) is 13.2 Å². The molecule has 0 spiro atoms. The second-order valence-corrected chi connectivity index (χ2v) is 12.4. The molecule has 0 bridgehead atoms. The summed E-state index contributed by atoms with van der Waals surface area (Å²) in [5.41, 5.74) is 0. The first kappa shape index (κ1) is 34.0. The van der Waals surface area contributed by atoms with Gasteiger partial charge in [0.15, 0.2) is 0 Å². The third-order valence-corrected chi connectivity index (χ3v) is 8.47. The lowest BCUT2D eigenvalue weighted by Crippen LogP contribution is -2.49. The average molecular weight is 537 g/mol. The van der Waals surface area contributed by atoms with Crippen molar-refractivity contribution < 1.29 is 32.5 Å². The Morgan fingerprint density at radius 3 is 1.81 bits per heavy atom. The molecule has 0 aromatic heterocycles. The molecule has 0 radical (unpaired) electrons. The first-order valence-electron chi connectivity index (χ1n) is 15.0. The number of quaternary nitrogens is 1. The minimum Gasteiger partial charge on any atom is -0.379 e. The molecule has 8 heteroatoms. The quantitative estimate of drug-likeness (QED) is 0.0752. The Balaban J connectivity index is 1.94. The van der Waals surface area contributed by atoms with Crippen molar-refractivity contribution >= 4 is 7.82 Å². The van der Waals surface area contributed by atoms with Gasteiger partial charge in [0.2, 0.25) is 0 Å². The smallest absolute Gasteiger partial charge is 0.379 e. The molecule has 1 aliphatic heterocycles. The molecule has 1 unspecified atom stereocenters. The summed E-state index contributed by atoms with van der Waals surface area (Å²) >= 11 is 0. The van der Waals surface area contributed by atoms with Crippen molar-refractivity contribution in [3.05, 3.63) is 0 Å². The Kier molecular flexibility index (Phi) is 20.7. The maximum atomic E-state index is 12.2. The van der Waals surface area contributed by atoms with Crippen LogP contribution < -0.4 is 0 Å². The molecule has 1 heterocycles. The number of ether oxygens (including phenoxy) is 2. The molecule has 1 saturated heterocycles. The second-order valence-electron chi connectivity index (χ2n) is 11.0. The monoisotopic (exact) mass is 536 g/mol. The van der Waals surface area contributed by atoms with Gasteiger partial charge in [-0.1, -0.05) is 90.4 Å². The van der Waals surface area contributed by atoms with Crippen LogP contribution in [0.3, 0.4) is 0 Å². The Hall–Kier alpha value is -0.0100. The molecule has 0 aliphatic carbocycles. The number of rotatable bonds is 25. The van der Waals surface area contributed by atoms with Crippen molar-refractivity contribution in [2.24, 2.45) is 0 Å². The lowest BCUT2D eigenvalue weighted by Gasteiger charge is -2.37. The van der Waals surface area contributed by atoms with Crippen LogP contribution in [0.15, 0.2) is 0 Å². The lowest BCUT2D eigenvalue weighted by atomic mass is 10.0. The van der Waals surface area contributed by atoms with Crippen LogP contribution in [0, 0.1) is 0 Å². The van der Waals surface area contributed by atoms with E-state index in [1.54, 1.807) is 7.11 Å². The summed E-state index contributed by atoms with van der Waals surface area (Å²) in [4.78, 5) is 9.99. The third kappa shape index (κ3) is 19.1. The number of phosphoric acid groups is 1. The molecule has 7 nitrogen and oxygen atoms in total. The molecule has 0 aromatic rings. The van der Waals surface area contributed by atoms with E-state index < -0.39 is 7.82 Å². The Bertz CT molecular complexity index is 544. The van der Waals surface area contributed by atoms with Gasteiger partial charge in [0, 0.05) is 13.7 Å². The van der Waals surface area contributed by atoms with E-state index in [2.05, 4.69) is 14.0 Å². The van der Waals surface area contributed by atoms with E-state index in [0.717, 1.165) is 30.5 Å². The van der Waals surface area contributed by atoms with Gasteiger partial charge in [0.25, 0.3) is 0 Å². The molecule has 1 rings (SSSR count). The fourth-order valence-electron chi connectivity index (χ4n) is 4.89. The number of piperidine rings is 1. The van der Waals surface area contributed by atoms with E-state index in [9.17, 15) is 9.46 Å². The van der Waals surface area contributed by atoms with Gasteiger partial charge < -0.3 is 18.9 Å². The standard InChI is InChI=1S/C28H58NO6P/c1-4-5-6-7-8-9-10-11-12-13-14-15-16-20-24-33-26-28(32-3)27-35-36(30,31)34-25-23-29(2)21-18-17-19-22-29/h28H,4-27H2,1-3H3/p+1/t28-/m1/s1. The van der Waals surface area contributed by atoms with Crippen LogP contribution in [0.4, 0.5) is 0 Å². The van der Waals surface area contributed by atoms with Crippen LogP contribution in [0.25, 0.3) is 0 Å². The van der Waals surface area contributed by atoms with E-state index in [4.69, 9.17) is 18.5 Å². The first-order chi connectivity index (χ1) is 17.4. The number of likely N-dealkylation sites (tertiary alicyclic amines) is 1. The molecule has 0 saturated carbocycles. The number of phosphoric ester groups is 1. The van der Waals surface area contributed by atoms with E-state index in [-0.39, 0.29) is 19.3 Å². The lowest BCUT2D eigenvalue weighted by molar-refractivity contribution is -0.914. The minimum atomic E-state index is -4.08. The maximum absolute atomic E-state index is 12.2. The van der Waals surface area contributed by atoms with Gasteiger partial charge in [-0.3, -0.25) is 9.05 Å². The first-order valence-corrected chi connectivity index (χ1v) is 16.5. The van der Waals surface area contributed by atoms with Crippen LogP contribution in [-0.2, 0) is 23.1 Å². The van der Waals surface area contributed by atoms with Gasteiger partial charge >= 0.3 is 7.82 Å². The van der Waals surface area contributed by atoms with E-state index >= 15 is 0 Å². The van der Waals surface area contributed by atoms with Crippen molar-refractivity contribution in [1.82, 2.24) is 0 Å². The third-order valence-electron chi connectivity index (χ3n) is 7.48. The molecule has 1 fully saturated rings. The number of unbranched alkanes of at least 4 members (excludes halogenated alkanes) is 13. The number of nitrogens with zero attached hydrogens (tertiary/aromatic N) is 1. The largest absolute Gasteiger partial charge is 0.472 e. The summed E-state index contributed by atoms with van der Waals surface area (Å²) in [5.74, 6) is 0. The van der Waals surface area contributed by atoms with Gasteiger partial charge in [-0.25, -0.2) is 4.57 Å². The fourth-order valence-corrected chi connectivity index (χ4v) is 5.63. The highest BCUT2D eigenvalue weighted by molar-refractivity contribution is 7.47. The molecule has 0 amide bonds. The topological polar surface area (TPSA) is 74.2 Å². The number of methoxy groups -OCH3 is 1. The summed E-state index contributed by atoms with van der Waals surface area (Å²) in [6, 6.07) is 0. The van der Waals surface area contributed by atoms with Crippen LogP contribution in [0.1, 0.15) is 116 Å².